The van der Waals surface area contributed by atoms with Crippen molar-refractivity contribution in [3.63, 3.8) is 0 Å². The molecule has 0 spiro atoms. The Morgan fingerprint density at radius 1 is 1.56 bits per heavy atom. The summed E-state index contributed by atoms with van der Waals surface area (Å²) in [5.41, 5.74) is -0.319. The number of aromatic nitrogens is 1. The predicted octanol–water partition coefficient (Wildman–Crippen LogP) is 2.15. The molecule has 0 saturated carbocycles. The molecule has 0 aliphatic heterocycles. The van der Waals surface area contributed by atoms with Crippen LogP contribution in [0.1, 0.15) is 30.1 Å². The molecule has 1 N–H and O–H groups in total. The molecule has 0 amide bonds. The molecule has 1 rings (SSSR count). The summed E-state index contributed by atoms with van der Waals surface area (Å²) in [5, 5.41) is 11.9. The molecule has 0 saturated heterocycles. The number of rotatable bonds is 5. The number of hydrogen-bond donors (Lipinski definition) is 1. The average molecular weight is 266 g/mol. The summed E-state index contributed by atoms with van der Waals surface area (Å²) >= 11 is 0. The summed E-state index contributed by atoms with van der Waals surface area (Å²) in [5.74, 6) is -1.19. The van der Waals surface area contributed by atoms with Crippen LogP contribution in [-0.4, -0.2) is 39.9 Å². The molecule has 1 aromatic heterocycles. The Labute approximate surface area is 101 Å². The molecule has 0 bridgehead atoms. The molecule has 8 heteroatoms. The lowest BCUT2D eigenvalue weighted by molar-refractivity contribution is -0.151. The van der Waals surface area contributed by atoms with Crippen molar-refractivity contribution in [2.24, 2.45) is 0 Å². The van der Waals surface area contributed by atoms with Crippen LogP contribution in [0.25, 0.3) is 0 Å². The maximum atomic E-state index is 12.3. The Hall–Kier alpha value is -1.57. The molecule has 0 unspecified atom stereocenters. The average Bonchev–Trinajstić information content (AvgIpc) is 2.63. The summed E-state index contributed by atoms with van der Waals surface area (Å²) < 4.78 is 41.6. The van der Waals surface area contributed by atoms with E-state index in [-0.39, 0.29) is 24.0 Å². The Morgan fingerprint density at radius 3 is 2.56 bits per heavy atom. The van der Waals surface area contributed by atoms with Crippen LogP contribution in [0, 0.1) is 0 Å². The molecule has 5 nitrogen and oxygen atoms in total. The van der Waals surface area contributed by atoms with Crippen LogP contribution in [0.5, 0.6) is 0 Å². The molecule has 18 heavy (non-hydrogen) atoms. The van der Waals surface area contributed by atoms with Crippen molar-refractivity contribution in [1.82, 2.24) is 10.1 Å². The van der Waals surface area contributed by atoms with Crippen molar-refractivity contribution in [2.45, 2.75) is 32.6 Å². The van der Waals surface area contributed by atoms with E-state index in [0.29, 0.717) is 0 Å². The van der Waals surface area contributed by atoms with Crippen molar-refractivity contribution >= 4 is 5.97 Å². The highest BCUT2D eigenvalue weighted by Gasteiger charge is 2.32. The van der Waals surface area contributed by atoms with Gasteiger partial charge in [0.2, 0.25) is 0 Å². The summed E-state index contributed by atoms with van der Waals surface area (Å²) in [6.45, 7) is 1.99. The van der Waals surface area contributed by atoms with Gasteiger partial charge in [-0.05, 0) is 13.8 Å². The summed E-state index contributed by atoms with van der Waals surface area (Å²) in [6.07, 6.45) is -4.32. The molecule has 1 heterocycles. The van der Waals surface area contributed by atoms with Crippen LogP contribution in [0.4, 0.5) is 13.2 Å². The van der Waals surface area contributed by atoms with Gasteiger partial charge in [0.1, 0.15) is 0 Å². The maximum Gasteiger partial charge on any atom is 0.401 e. The van der Waals surface area contributed by atoms with E-state index in [9.17, 15) is 18.0 Å². The second-order valence-electron chi connectivity index (χ2n) is 4.10. The number of carboxylic acid groups (broad SMARTS) is 1. The molecule has 1 aromatic rings. The smallest absolute Gasteiger partial charge is 0.401 e. The Kier molecular flexibility index (Phi) is 4.33. The van der Waals surface area contributed by atoms with E-state index >= 15 is 0 Å². The van der Waals surface area contributed by atoms with Crippen molar-refractivity contribution in [3.05, 3.63) is 17.5 Å². The summed E-state index contributed by atoms with van der Waals surface area (Å²) in [7, 11) is 0. The van der Waals surface area contributed by atoms with E-state index < -0.39 is 18.7 Å². The third-order valence-corrected chi connectivity index (χ3v) is 2.25. The van der Waals surface area contributed by atoms with Crippen LogP contribution in [0.15, 0.2) is 10.6 Å². The fourth-order valence-electron chi connectivity index (χ4n) is 1.34. The van der Waals surface area contributed by atoms with Gasteiger partial charge in [0.15, 0.2) is 11.5 Å². The monoisotopic (exact) mass is 266 g/mol. The van der Waals surface area contributed by atoms with E-state index in [0.717, 1.165) is 11.0 Å². The number of carbonyl (C=O) groups is 1. The zero-order valence-electron chi connectivity index (χ0n) is 9.86. The lowest BCUT2D eigenvalue weighted by Gasteiger charge is -2.26. The van der Waals surface area contributed by atoms with Gasteiger partial charge in [0.25, 0.3) is 0 Å². The first kappa shape index (κ1) is 14.5. The topological polar surface area (TPSA) is 66.6 Å². The van der Waals surface area contributed by atoms with Crippen molar-refractivity contribution in [2.75, 3.05) is 6.54 Å². The zero-order chi connectivity index (χ0) is 13.9. The molecule has 0 atom stereocenters. The van der Waals surface area contributed by atoms with Gasteiger partial charge in [0, 0.05) is 12.1 Å². The molecular weight excluding hydrogens is 253 g/mol. The molecule has 0 aliphatic rings. The van der Waals surface area contributed by atoms with Crippen LogP contribution < -0.4 is 0 Å². The number of hydrogen-bond acceptors (Lipinski definition) is 4. The van der Waals surface area contributed by atoms with Gasteiger partial charge in [-0.3, -0.25) is 4.90 Å². The van der Waals surface area contributed by atoms with Crippen LogP contribution >= 0.6 is 0 Å². The third-order valence-electron chi connectivity index (χ3n) is 2.25. The quantitative estimate of drug-likeness (QED) is 0.884. The summed E-state index contributed by atoms with van der Waals surface area (Å²) in [6, 6.07) is 0.763. The fraction of sp³-hybridized carbons (Fsp3) is 0.600. The zero-order valence-corrected chi connectivity index (χ0v) is 9.86. The van der Waals surface area contributed by atoms with Crippen molar-refractivity contribution in [3.8, 4) is 0 Å². The van der Waals surface area contributed by atoms with Gasteiger partial charge in [-0.1, -0.05) is 5.16 Å². The highest BCUT2D eigenvalue weighted by Crippen LogP contribution is 2.20. The molecule has 0 radical (unpaired) electrons. The Balaban J connectivity index is 2.74. The Morgan fingerprint density at radius 2 is 2.17 bits per heavy atom. The van der Waals surface area contributed by atoms with Gasteiger partial charge in [-0.2, -0.15) is 13.2 Å². The van der Waals surface area contributed by atoms with Gasteiger partial charge in [0.05, 0.1) is 13.1 Å². The third kappa shape index (κ3) is 4.36. The SMILES string of the molecule is CC(C)N(Cc1cc(C(=O)O)no1)CC(F)(F)F. The van der Waals surface area contributed by atoms with Gasteiger partial charge in [-0.15, -0.1) is 0 Å². The standard InChI is InChI=1S/C10H13F3N2O3/c1-6(2)15(5-10(11,12)13)4-7-3-8(9(16)17)14-18-7/h3,6H,4-5H2,1-2H3,(H,16,17). The largest absolute Gasteiger partial charge is 0.476 e. The van der Waals surface area contributed by atoms with E-state index in [1.165, 1.54) is 0 Å². The first-order valence-electron chi connectivity index (χ1n) is 5.18. The second kappa shape index (κ2) is 5.38. The van der Waals surface area contributed by atoms with E-state index in [2.05, 4.69) is 9.68 Å². The Bertz CT molecular complexity index is 415. The number of carboxylic acids is 1. The fourth-order valence-corrected chi connectivity index (χ4v) is 1.34. The predicted molar refractivity (Wildman–Crippen MR) is 55.1 cm³/mol. The van der Waals surface area contributed by atoms with Gasteiger partial charge in [-0.25, -0.2) is 4.79 Å². The van der Waals surface area contributed by atoms with Gasteiger partial charge >= 0.3 is 12.1 Å². The molecule has 0 aliphatic carbocycles. The highest BCUT2D eigenvalue weighted by atomic mass is 19.4. The molecule has 0 fully saturated rings. The highest BCUT2D eigenvalue weighted by molar-refractivity contribution is 5.85. The van der Waals surface area contributed by atoms with Crippen molar-refractivity contribution < 1.29 is 27.6 Å². The lowest BCUT2D eigenvalue weighted by Crippen LogP contribution is -2.38. The normalized spacial score (nSPS) is 12.4. The summed E-state index contributed by atoms with van der Waals surface area (Å²) in [4.78, 5) is 11.7. The number of alkyl halides is 3. The van der Waals surface area contributed by atoms with Crippen LogP contribution in [-0.2, 0) is 6.54 Å². The molecule has 0 aromatic carbocycles. The first-order valence-corrected chi connectivity index (χ1v) is 5.18. The molecular formula is C10H13F3N2O3. The first-order chi connectivity index (χ1) is 8.19. The van der Waals surface area contributed by atoms with Crippen molar-refractivity contribution in [1.29, 1.82) is 0 Å². The van der Waals surface area contributed by atoms with Gasteiger partial charge < -0.3 is 9.63 Å². The van der Waals surface area contributed by atoms with E-state index in [1.54, 1.807) is 13.8 Å². The second-order valence-corrected chi connectivity index (χ2v) is 4.10. The maximum absolute atomic E-state index is 12.3. The molecule has 102 valence electrons. The minimum absolute atomic E-state index is 0.0883. The van der Waals surface area contributed by atoms with E-state index in [1.807, 2.05) is 0 Å². The van der Waals surface area contributed by atoms with Crippen LogP contribution in [0.2, 0.25) is 0 Å². The van der Waals surface area contributed by atoms with Crippen LogP contribution in [0.3, 0.4) is 0 Å². The minimum atomic E-state index is -4.32. The minimum Gasteiger partial charge on any atom is -0.476 e. The number of aromatic carboxylic acids is 1. The van der Waals surface area contributed by atoms with E-state index in [4.69, 9.17) is 5.11 Å². The number of halogens is 3. The lowest BCUT2D eigenvalue weighted by atomic mass is 10.2. The number of nitrogens with zero attached hydrogens (tertiary/aromatic N) is 2.